The molecule has 4 nitrogen and oxygen atoms in total. The SMILES string of the molecule is COc1ccc(C(=O)NC([Se])=Nc2ccc([C]3[CH][CH][CH][CH]3)cc2)cc1. The van der Waals surface area contributed by atoms with Crippen LogP contribution < -0.4 is 10.1 Å². The number of amidine groups is 1. The van der Waals surface area contributed by atoms with E-state index in [1.807, 2.05) is 37.1 Å². The zero-order valence-corrected chi connectivity index (χ0v) is 15.3. The van der Waals surface area contributed by atoms with E-state index < -0.39 is 0 Å². The van der Waals surface area contributed by atoms with Gasteiger partial charge < -0.3 is 0 Å². The number of benzene rings is 2. The number of rotatable bonds is 4. The van der Waals surface area contributed by atoms with Gasteiger partial charge in [0.25, 0.3) is 0 Å². The minimum absolute atomic E-state index is 0.228. The molecule has 1 aliphatic carbocycles. The van der Waals surface area contributed by atoms with Gasteiger partial charge in [-0.25, -0.2) is 0 Å². The van der Waals surface area contributed by atoms with Gasteiger partial charge in [0.15, 0.2) is 0 Å². The summed E-state index contributed by atoms with van der Waals surface area (Å²) in [6, 6.07) is 14.7. The van der Waals surface area contributed by atoms with Crippen molar-refractivity contribution in [1.82, 2.24) is 5.32 Å². The summed E-state index contributed by atoms with van der Waals surface area (Å²) < 4.78 is 5.50. The molecule has 25 heavy (non-hydrogen) atoms. The first-order valence-corrected chi connectivity index (χ1v) is 8.54. The number of hydrogen-bond acceptors (Lipinski definition) is 3. The Morgan fingerprint density at radius 2 is 1.64 bits per heavy atom. The number of hydrogen-bond donors (Lipinski definition) is 1. The molecule has 0 aromatic heterocycles. The molecule has 1 saturated carbocycles. The van der Waals surface area contributed by atoms with Crippen LogP contribution in [0, 0.1) is 31.6 Å². The van der Waals surface area contributed by atoms with Crippen molar-refractivity contribution in [2.75, 3.05) is 7.11 Å². The average molecular weight is 395 g/mol. The second-order valence-electron chi connectivity index (χ2n) is 5.32. The van der Waals surface area contributed by atoms with E-state index in [4.69, 9.17) is 4.74 Å². The van der Waals surface area contributed by atoms with Crippen LogP contribution >= 0.6 is 0 Å². The molecule has 0 aliphatic heterocycles. The number of nitrogens with zero attached hydrogens (tertiary/aromatic N) is 1. The van der Waals surface area contributed by atoms with Gasteiger partial charge in [-0.2, -0.15) is 0 Å². The third-order valence-electron chi connectivity index (χ3n) is 3.67. The molecule has 0 heterocycles. The summed E-state index contributed by atoms with van der Waals surface area (Å²) in [6.45, 7) is 0. The van der Waals surface area contributed by atoms with E-state index in [1.54, 1.807) is 31.4 Å². The van der Waals surface area contributed by atoms with Crippen molar-refractivity contribution < 1.29 is 9.53 Å². The number of amides is 1. The molecule has 3 rings (SSSR count). The van der Waals surface area contributed by atoms with Crippen molar-refractivity contribution >= 4 is 32.3 Å². The molecule has 1 N–H and O–H groups in total. The van der Waals surface area contributed by atoms with Crippen LogP contribution in [-0.2, 0) is 0 Å². The molecule has 0 bridgehead atoms. The third-order valence-corrected chi connectivity index (χ3v) is 4.07. The van der Waals surface area contributed by atoms with Crippen molar-refractivity contribution in [2.45, 2.75) is 0 Å². The summed E-state index contributed by atoms with van der Waals surface area (Å²) in [7, 11) is 1.59. The molecule has 124 valence electrons. The second-order valence-corrected chi connectivity index (χ2v) is 6.13. The van der Waals surface area contributed by atoms with Gasteiger partial charge >= 0.3 is 156 Å². The predicted octanol–water partition coefficient (Wildman–Crippen LogP) is 3.03. The Hall–Kier alpha value is -2.10. The van der Waals surface area contributed by atoms with Crippen LogP contribution in [-0.4, -0.2) is 33.8 Å². The number of ether oxygens (including phenoxy) is 1. The van der Waals surface area contributed by atoms with Crippen LogP contribution in [0.3, 0.4) is 0 Å². The summed E-state index contributed by atoms with van der Waals surface area (Å²) in [5.41, 5.74) is 2.43. The van der Waals surface area contributed by atoms with Crippen molar-refractivity contribution in [1.29, 1.82) is 0 Å². The van der Waals surface area contributed by atoms with Gasteiger partial charge in [-0.3, -0.25) is 0 Å². The molecule has 2 aromatic carbocycles. The van der Waals surface area contributed by atoms with Crippen LogP contribution in [0.15, 0.2) is 53.5 Å². The summed E-state index contributed by atoms with van der Waals surface area (Å²) >= 11 is 2.78. The van der Waals surface area contributed by atoms with E-state index in [0.29, 0.717) is 16.0 Å². The Labute approximate surface area is 156 Å². The van der Waals surface area contributed by atoms with Gasteiger partial charge in [-0.15, -0.1) is 0 Å². The standard InChI is InChI=1S/C20H16N2O2Se/c1-24-18-12-8-16(9-13-18)19(23)22-20(25)21-17-10-6-15(7-11-17)14-4-2-3-5-14/h2-13H,1H3,(H,21,22,23). The Balaban J connectivity index is 1.63. The normalized spacial score (nSPS) is 15.2. The van der Waals surface area contributed by atoms with Crippen LogP contribution in [0.2, 0.25) is 0 Å². The van der Waals surface area contributed by atoms with E-state index >= 15 is 0 Å². The van der Waals surface area contributed by atoms with Crippen LogP contribution in [0.4, 0.5) is 5.69 Å². The van der Waals surface area contributed by atoms with Crippen molar-refractivity contribution in [3.8, 4) is 5.75 Å². The molecule has 2 aromatic rings. The van der Waals surface area contributed by atoms with Crippen molar-refractivity contribution in [3.05, 3.63) is 91.3 Å². The van der Waals surface area contributed by atoms with E-state index in [1.165, 1.54) is 5.92 Å². The number of carbonyl (C=O) groups is 1. The Morgan fingerprint density at radius 3 is 2.24 bits per heavy atom. The van der Waals surface area contributed by atoms with Crippen LogP contribution in [0.5, 0.6) is 5.75 Å². The molecule has 5 heteroatoms. The van der Waals surface area contributed by atoms with E-state index in [0.717, 1.165) is 11.3 Å². The van der Waals surface area contributed by atoms with Gasteiger partial charge in [-0.05, 0) is 0 Å². The van der Waals surface area contributed by atoms with Crippen molar-refractivity contribution in [3.63, 3.8) is 0 Å². The van der Waals surface area contributed by atoms with Gasteiger partial charge in [-0.1, -0.05) is 0 Å². The Bertz CT molecular complexity index is 748. The Morgan fingerprint density at radius 1 is 1.00 bits per heavy atom. The number of carbonyl (C=O) groups excluding carboxylic acids is 1. The topological polar surface area (TPSA) is 50.7 Å². The summed E-state index contributed by atoms with van der Waals surface area (Å²) in [6.07, 6.45) is 8.14. The Kier molecular flexibility index (Phi) is 5.90. The first kappa shape index (κ1) is 17.7. The molecule has 0 atom stereocenters. The van der Waals surface area contributed by atoms with Gasteiger partial charge in [0, 0.05) is 0 Å². The van der Waals surface area contributed by atoms with Crippen molar-refractivity contribution in [2.24, 2.45) is 4.99 Å². The maximum atomic E-state index is 12.2. The van der Waals surface area contributed by atoms with E-state index in [2.05, 4.69) is 39.2 Å². The molecule has 0 saturated heterocycles. The molecule has 0 spiro atoms. The third kappa shape index (κ3) is 4.71. The molecular formula is C20H16N2O2Se. The second kappa shape index (κ2) is 8.32. The van der Waals surface area contributed by atoms with Gasteiger partial charge in [0.2, 0.25) is 0 Å². The number of aliphatic imine (C=N–C) groups is 1. The van der Waals surface area contributed by atoms with Crippen LogP contribution in [0.25, 0.3) is 0 Å². The molecule has 0 unspecified atom stereocenters. The molecule has 1 amide bonds. The summed E-state index contributed by atoms with van der Waals surface area (Å²) in [5.74, 6) is 1.65. The van der Waals surface area contributed by atoms with Gasteiger partial charge in [0.1, 0.15) is 0 Å². The number of nitrogens with one attached hydrogen (secondary N) is 1. The fourth-order valence-corrected chi connectivity index (χ4v) is 2.77. The van der Waals surface area contributed by atoms with E-state index in [-0.39, 0.29) is 5.91 Å². The predicted molar refractivity (Wildman–Crippen MR) is 99.3 cm³/mol. The number of methoxy groups -OCH3 is 1. The summed E-state index contributed by atoms with van der Waals surface area (Å²) in [5, 5.41) is 2.74. The molecular weight excluding hydrogens is 379 g/mol. The fourth-order valence-electron chi connectivity index (χ4n) is 2.35. The van der Waals surface area contributed by atoms with Gasteiger partial charge in [0.05, 0.1) is 0 Å². The molecule has 1 fully saturated rings. The first-order valence-electron chi connectivity index (χ1n) is 7.69. The first-order chi connectivity index (χ1) is 12.2. The zero-order valence-electron chi connectivity index (χ0n) is 13.6. The fraction of sp³-hybridized carbons (Fsp3) is 0.0500. The van der Waals surface area contributed by atoms with E-state index in [9.17, 15) is 4.79 Å². The summed E-state index contributed by atoms with van der Waals surface area (Å²) in [4.78, 5) is 16.6. The quantitative estimate of drug-likeness (QED) is 0.492. The average Bonchev–Trinajstić information content (AvgIpc) is 3.17. The molecule has 1 aliphatic rings. The monoisotopic (exact) mass is 396 g/mol. The zero-order chi connectivity index (χ0) is 17.6. The maximum absolute atomic E-state index is 12.2. The minimum atomic E-state index is -0.228. The molecule has 6 radical (unpaired) electrons. The van der Waals surface area contributed by atoms with Crippen LogP contribution in [0.1, 0.15) is 15.9 Å².